The van der Waals surface area contributed by atoms with Crippen LogP contribution in [0.25, 0.3) is 0 Å². The van der Waals surface area contributed by atoms with Gasteiger partial charge in [-0.25, -0.2) is 8.51 Å². The van der Waals surface area contributed by atoms with Crippen molar-refractivity contribution >= 4 is 23.1 Å². The molecule has 1 unspecified atom stereocenters. The van der Waals surface area contributed by atoms with Crippen molar-refractivity contribution in [3.05, 3.63) is 48.2 Å². The molecule has 2 rings (SSSR count). The van der Waals surface area contributed by atoms with E-state index >= 15 is 0 Å². The molecule has 1 heterocycles. The second-order valence-electron chi connectivity index (χ2n) is 6.57. The monoisotopic (exact) mass is 351 g/mol. The molecular formula is C17H21NO5S. The lowest BCUT2D eigenvalue weighted by Crippen LogP contribution is -2.40. The number of ether oxygens (including phenoxy) is 1. The summed E-state index contributed by atoms with van der Waals surface area (Å²) in [4.78, 5) is 24.7. The third-order valence-corrected chi connectivity index (χ3v) is 4.19. The number of hydrogen-bond donors (Lipinski definition) is 1. The summed E-state index contributed by atoms with van der Waals surface area (Å²) in [6.07, 6.45) is 2.80. The lowest BCUT2D eigenvalue weighted by atomic mass is 9.81. The maximum Gasteiger partial charge on any atom is 0.307 e. The summed E-state index contributed by atoms with van der Waals surface area (Å²) < 4.78 is 26.6. The lowest BCUT2D eigenvalue weighted by molar-refractivity contribution is -0.158. The Morgan fingerprint density at radius 3 is 2.46 bits per heavy atom. The van der Waals surface area contributed by atoms with Gasteiger partial charge in [-0.05, 0) is 26.3 Å². The SMILES string of the molecule is CC(C)(C)OC(=O)C[C@@H]1C(=O)N(S(=O)O)C=C[C@@H]1c1ccccc1. The van der Waals surface area contributed by atoms with E-state index in [4.69, 9.17) is 4.74 Å². The Bertz CT molecular complexity index is 665. The molecule has 130 valence electrons. The van der Waals surface area contributed by atoms with Gasteiger partial charge in [-0.2, -0.15) is 0 Å². The Morgan fingerprint density at radius 1 is 1.29 bits per heavy atom. The van der Waals surface area contributed by atoms with Crippen LogP contribution in [-0.4, -0.2) is 30.5 Å². The molecule has 0 radical (unpaired) electrons. The van der Waals surface area contributed by atoms with Gasteiger partial charge in [-0.15, -0.1) is 0 Å². The molecule has 0 aliphatic carbocycles. The Hall–Kier alpha value is -1.99. The Kier molecular flexibility index (Phi) is 5.56. The summed E-state index contributed by atoms with van der Waals surface area (Å²) >= 11 is -2.46. The Labute approximate surface area is 143 Å². The van der Waals surface area contributed by atoms with Crippen LogP contribution in [0.5, 0.6) is 0 Å². The fourth-order valence-corrected chi connectivity index (χ4v) is 3.08. The molecule has 1 amide bonds. The van der Waals surface area contributed by atoms with Crippen molar-refractivity contribution < 1.29 is 23.1 Å². The predicted molar refractivity (Wildman–Crippen MR) is 89.9 cm³/mol. The first-order valence-electron chi connectivity index (χ1n) is 7.58. The van der Waals surface area contributed by atoms with Crippen molar-refractivity contribution in [2.24, 2.45) is 5.92 Å². The van der Waals surface area contributed by atoms with Gasteiger partial charge in [0.15, 0.2) is 0 Å². The number of carbonyl (C=O) groups is 2. The van der Waals surface area contributed by atoms with Crippen LogP contribution in [0.4, 0.5) is 0 Å². The molecule has 0 aromatic heterocycles. The number of carbonyl (C=O) groups excluding carboxylic acids is 2. The zero-order chi connectivity index (χ0) is 17.9. The molecule has 0 fully saturated rings. The van der Waals surface area contributed by atoms with E-state index in [9.17, 15) is 18.4 Å². The van der Waals surface area contributed by atoms with Gasteiger partial charge >= 0.3 is 5.97 Å². The van der Waals surface area contributed by atoms with Crippen LogP contribution in [-0.2, 0) is 25.6 Å². The molecular weight excluding hydrogens is 330 g/mol. The fraction of sp³-hybridized carbons (Fsp3) is 0.412. The highest BCUT2D eigenvalue weighted by atomic mass is 32.2. The minimum absolute atomic E-state index is 0.159. The highest BCUT2D eigenvalue weighted by Crippen LogP contribution is 2.34. The molecule has 1 aromatic carbocycles. The molecule has 0 saturated carbocycles. The van der Waals surface area contributed by atoms with Gasteiger partial charge in [0, 0.05) is 12.1 Å². The highest BCUT2D eigenvalue weighted by Gasteiger charge is 2.38. The van der Waals surface area contributed by atoms with Crippen molar-refractivity contribution in [2.45, 2.75) is 38.7 Å². The summed E-state index contributed by atoms with van der Waals surface area (Å²) in [6, 6.07) is 9.26. The van der Waals surface area contributed by atoms with Crippen molar-refractivity contribution in [3.8, 4) is 0 Å². The smallest absolute Gasteiger partial charge is 0.307 e. The minimum atomic E-state index is -2.46. The molecule has 1 aromatic rings. The van der Waals surface area contributed by atoms with Crippen molar-refractivity contribution in [2.75, 3.05) is 0 Å². The van der Waals surface area contributed by atoms with Gasteiger partial charge in [0.05, 0.1) is 12.3 Å². The van der Waals surface area contributed by atoms with E-state index in [0.717, 1.165) is 9.87 Å². The quantitative estimate of drug-likeness (QED) is 0.666. The van der Waals surface area contributed by atoms with Gasteiger partial charge in [0.1, 0.15) is 5.60 Å². The van der Waals surface area contributed by atoms with Crippen LogP contribution in [0.2, 0.25) is 0 Å². The van der Waals surface area contributed by atoms with E-state index in [1.807, 2.05) is 30.3 Å². The number of amides is 1. The van der Waals surface area contributed by atoms with E-state index in [1.54, 1.807) is 26.8 Å². The number of benzene rings is 1. The average molecular weight is 351 g/mol. The third kappa shape index (κ3) is 4.52. The Morgan fingerprint density at radius 2 is 1.92 bits per heavy atom. The third-order valence-electron chi connectivity index (χ3n) is 3.56. The van der Waals surface area contributed by atoms with Crippen LogP contribution in [0, 0.1) is 5.92 Å². The predicted octanol–water partition coefficient (Wildman–Crippen LogP) is 2.61. The van der Waals surface area contributed by atoms with Gasteiger partial charge in [-0.3, -0.25) is 14.1 Å². The summed E-state index contributed by atoms with van der Waals surface area (Å²) in [6.45, 7) is 5.24. The van der Waals surface area contributed by atoms with Crippen LogP contribution in [0.3, 0.4) is 0 Å². The Balaban J connectivity index is 2.30. The number of nitrogens with zero attached hydrogens (tertiary/aromatic N) is 1. The van der Waals surface area contributed by atoms with Gasteiger partial charge < -0.3 is 4.74 Å². The summed E-state index contributed by atoms with van der Waals surface area (Å²) in [5.41, 5.74) is 0.200. The van der Waals surface area contributed by atoms with E-state index in [2.05, 4.69) is 0 Å². The maximum absolute atomic E-state index is 12.6. The molecule has 1 N–H and O–H groups in total. The van der Waals surface area contributed by atoms with Crippen molar-refractivity contribution in [3.63, 3.8) is 0 Å². The zero-order valence-electron chi connectivity index (χ0n) is 13.8. The van der Waals surface area contributed by atoms with Crippen LogP contribution >= 0.6 is 0 Å². The normalized spacial score (nSPS) is 22.3. The van der Waals surface area contributed by atoms with E-state index < -0.39 is 34.7 Å². The molecule has 0 saturated heterocycles. The first-order chi connectivity index (χ1) is 11.2. The fourth-order valence-electron chi connectivity index (χ4n) is 2.62. The van der Waals surface area contributed by atoms with Crippen molar-refractivity contribution in [1.82, 2.24) is 4.31 Å². The lowest BCUT2D eigenvalue weighted by Gasteiger charge is -2.31. The molecule has 7 heteroatoms. The summed E-state index contributed by atoms with van der Waals surface area (Å²) in [7, 11) is 0. The topological polar surface area (TPSA) is 83.9 Å². The van der Waals surface area contributed by atoms with E-state index in [-0.39, 0.29) is 12.3 Å². The minimum Gasteiger partial charge on any atom is -0.460 e. The molecule has 1 aliphatic heterocycles. The standard InChI is InChI=1S/C17H21NO5S/c1-17(2,3)23-15(19)11-14-13(12-7-5-4-6-8-12)9-10-18(16(14)20)24(21)22/h4-10,13-14H,11H2,1-3H3,(H,21,22)/t13-,14+/m1/s1. The number of esters is 1. The number of allylic oxidation sites excluding steroid dienone is 1. The number of hydrogen-bond acceptors (Lipinski definition) is 4. The zero-order valence-corrected chi connectivity index (χ0v) is 14.7. The molecule has 6 nitrogen and oxygen atoms in total. The first-order valence-corrected chi connectivity index (χ1v) is 8.64. The second kappa shape index (κ2) is 7.27. The van der Waals surface area contributed by atoms with Gasteiger partial charge in [0.2, 0.25) is 5.91 Å². The second-order valence-corrected chi connectivity index (χ2v) is 7.42. The molecule has 24 heavy (non-hydrogen) atoms. The molecule has 1 aliphatic rings. The van der Waals surface area contributed by atoms with Gasteiger partial charge in [0.25, 0.3) is 11.3 Å². The average Bonchev–Trinajstić information content (AvgIpc) is 2.48. The highest BCUT2D eigenvalue weighted by molar-refractivity contribution is 7.77. The molecule has 3 atom stereocenters. The first kappa shape index (κ1) is 18.4. The van der Waals surface area contributed by atoms with Crippen LogP contribution in [0.1, 0.15) is 38.7 Å². The largest absolute Gasteiger partial charge is 0.460 e. The molecule has 0 spiro atoms. The number of rotatable bonds is 4. The summed E-state index contributed by atoms with van der Waals surface area (Å²) in [5.74, 6) is -2.23. The maximum atomic E-state index is 12.6. The van der Waals surface area contributed by atoms with E-state index in [1.165, 1.54) is 6.20 Å². The summed E-state index contributed by atoms with van der Waals surface area (Å²) in [5, 5.41) is 0. The van der Waals surface area contributed by atoms with E-state index in [0.29, 0.717) is 0 Å². The van der Waals surface area contributed by atoms with Crippen molar-refractivity contribution in [1.29, 1.82) is 0 Å². The van der Waals surface area contributed by atoms with Crippen LogP contribution in [0.15, 0.2) is 42.6 Å². The van der Waals surface area contributed by atoms with Gasteiger partial charge in [-0.1, -0.05) is 36.4 Å². The molecule has 0 bridgehead atoms. The van der Waals surface area contributed by atoms with Crippen LogP contribution < -0.4 is 0 Å².